The van der Waals surface area contributed by atoms with Gasteiger partial charge in [0.25, 0.3) is 0 Å². The first kappa shape index (κ1) is 17.5. The second kappa shape index (κ2) is 8.16. The third-order valence-corrected chi connectivity index (χ3v) is 4.65. The molecule has 2 aromatic rings. The van der Waals surface area contributed by atoms with E-state index in [-0.39, 0.29) is 5.91 Å². The van der Waals surface area contributed by atoms with Crippen LogP contribution >= 0.6 is 15.9 Å². The summed E-state index contributed by atoms with van der Waals surface area (Å²) in [6.45, 7) is 7.41. The summed E-state index contributed by atoms with van der Waals surface area (Å²) < 4.78 is 1.09. The highest BCUT2D eigenvalue weighted by atomic mass is 79.9. The number of hydrogen-bond donors (Lipinski definition) is 1. The number of aryl methyl sites for hydroxylation is 2. The lowest BCUT2D eigenvalue weighted by molar-refractivity contribution is -0.118. The predicted molar refractivity (Wildman–Crippen MR) is 101 cm³/mol. The number of anilines is 2. The van der Waals surface area contributed by atoms with Gasteiger partial charge < -0.3 is 10.2 Å². The van der Waals surface area contributed by atoms with Gasteiger partial charge >= 0.3 is 0 Å². The van der Waals surface area contributed by atoms with Crippen LogP contribution in [-0.2, 0) is 4.79 Å². The maximum absolute atomic E-state index is 12.5. The number of nitrogens with zero attached hydrogens (tertiary/aromatic N) is 1. The SMILES string of the molecule is CCN(C(=O)CCNc1ccc(Br)c(C)c1)c1cccc(C)c1. The molecule has 0 saturated heterocycles. The van der Waals surface area contributed by atoms with Crippen molar-refractivity contribution in [2.75, 3.05) is 23.3 Å². The Morgan fingerprint density at radius 3 is 2.61 bits per heavy atom. The molecule has 1 N–H and O–H groups in total. The van der Waals surface area contributed by atoms with Crippen LogP contribution in [0.3, 0.4) is 0 Å². The third kappa shape index (κ3) is 4.83. The van der Waals surface area contributed by atoms with Gasteiger partial charge in [0.15, 0.2) is 0 Å². The molecule has 0 unspecified atom stereocenters. The molecule has 0 fully saturated rings. The lowest BCUT2D eigenvalue weighted by atomic mass is 10.2. The van der Waals surface area contributed by atoms with Gasteiger partial charge in [-0.2, -0.15) is 0 Å². The van der Waals surface area contributed by atoms with Crippen LogP contribution in [0.4, 0.5) is 11.4 Å². The van der Waals surface area contributed by atoms with Crippen LogP contribution in [0.5, 0.6) is 0 Å². The fraction of sp³-hybridized carbons (Fsp3) is 0.316. The van der Waals surface area contributed by atoms with E-state index in [1.807, 2.05) is 55.1 Å². The van der Waals surface area contributed by atoms with Crippen molar-refractivity contribution in [1.82, 2.24) is 0 Å². The van der Waals surface area contributed by atoms with E-state index in [0.717, 1.165) is 21.4 Å². The van der Waals surface area contributed by atoms with Crippen LogP contribution in [0.15, 0.2) is 46.9 Å². The van der Waals surface area contributed by atoms with Crippen LogP contribution < -0.4 is 10.2 Å². The van der Waals surface area contributed by atoms with Gasteiger partial charge in [-0.3, -0.25) is 4.79 Å². The van der Waals surface area contributed by atoms with Crippen molar-refractivity contribution in [2.45, 2.75) is 27.2 Å². The molecule has 0 spiro atoms. The number of benzene rings is 2. The summed E-state index contributed by atoms with van der Waals surface area (Å²) in [5.74, 6) is 0.138. The second-order valence-electron chi connectivity index (χ2n) is 5.62. The Morgan fingerprint density at radius 2 is 1.96 bits per heavy atom. The quantitative estimate of drug-likeness (QED) is 0.777. The van der Waals surface area contributed by atoms with Gasteiger partial charge in [-0.05, 0) is 62.2 Å². The predicted octanol–water partition coefficient (Wildman–Crippen LogP) is 4.92. The van der Waals surface area contributed by atoms with Gasteiger partial charge in [0, 0.05) is 35.4 Å². The van der Waals surface area contributed by atoms with Crippen molar-refractivity contribution in [3.8, 4) is 0 Å². The van der Waals surface area contributed by atoms with E-state index in [9.17, 15) is 4.79 Å². The number of amides is 1. The Kier molecular flexibility index (Phi) is 6.22. The summed E-state index contributed by atoms with van der Waals surface area (Å²) in [6.07, 6.45) is 0.469. The van der Waals surface area contributed by atoms with Crippen LogP contribution in [-0.4, -0.2) is 19.0 Å². The molecule has 4 heteroatoms. The fourth-order valence-electron chi connectivity index (χ4n) is 2.50. The average molecular weight is 375 g/mol. The van der Waals surface area contributed by atoms with E-state index in [1.54, 1.807) is 0 Å². The average Bonchev–Trinajstić information content (AvgIpc) is 2.52. The zero-order valence-corrected chi connectivity index (χ0v) is 15.5. The standard InChI is InChI=1S/C19H23BrN2O/c1-4-22(17-7-5-6-14(2)12-17)19(23)10-11-21-16-8-9-18(20)15(3)13-16/h5-9,12-13,21H,4,10-11H2,1-3H3. The van der Waals surface area contributed by atoms with Gasteiger partial charge in [0.1, 0.15) is 0 Å². The van der Waals surface area contributed by atoms with Gasteiger partial charge in [-0.1, -0.05) is 28.1 Å². The first-order valence-corrected chi connectivity index (χ1v) is 8.67. The molecule has 2 rings (SSSR count). The number of halogens is 1. The molecule has 0 heterocycles. The van der Waals surface area contributed by atoms with Gasteiger partial charge in [-0.25, -0.2) is 0 Å². The lowest BCUT2D eigenvalue weighted by Crippen LogP contribution is -2.31. The van der Waals surface area contributed by atoms with Crippen LogP contribution in [0, 0.1) is 13.8 Å². The van der Waals surface area contributed by atoms with Crippen molar-refractivity contribution in [1.29, 1.82) is 0 Å². The summed E-state index contributed by atoms with van der Waals surface area (Å²) >= 11 is 3.49. The molecule has 0 aliphatic heterocycles. The second-order valence-corrected chi connectivity index (χ2v) is 6.47. The lowest BCUT2D eigenvalue weighted by Gasteiger charge is -2.21. The molecule has 0 bridgehead atoms. The minimum Gasteiger partial charge on any atom is -0.385 e. The van der Waals surface area contributed by atoms with Crippen molar-refractivity contribution in [2.24, 2.45) is 0 Å². The van der Waals surface area contributed by atoms with E-state index in [4.69, 9.17) is 0 Å². The molecule has 122 valence electrons. The smallest absolute Gasteiger partial charge is 0.228 e. The summed E-state index contributed by atoms with van der Waals surface area (Å²) in [6, 6.07) is 14.2. The zero-order chi connectivity index (χ0) is 16.8. The Hall–Kier alpha value is -1.81. The fourth-order valence-corrected chi connectivity index (χ4v) is 2.75. The molecule has 1 amide bonds. The molecule has 23 heavy (non-hydrogen) atoms. The molecule has 3 nitrogen and oxygen atoms in total. The number of carbonyl (C=O) groups excluding carboxylic acids is 1. The maximum atomic E-state index is 12.5. The number of rotatable bonds is 6. The van der Waals surface area contributed by atoms with Crippen molar-refractivity contribution in [3.05, 3.63) is 58.1 Å². The third-order valence-electron chi connectivity index (χ3n) is 3.76. The molecule has 0 aliphatic rings. The summed E-state index contributed by atoms with van der Waals surface area (Å²) in [5.41, 5.74) is 4.35. The van der Waals surface area contributed by atoms with Gasteiger partial charge in [-0.15, -0.1) is 0 Å². The maximum Gasteiger partial charge on any atom is 0.228 e. The van der Waals surface area contributed by atoms with E-state index >= 15 is 0 Å². The summed E-state index contributed by atoms with van der Waals surface area (Å²) in [4.78, 5) is 14.3. The number of nitrogens with one attached hydrogen (secondary N) is 1. The Morgan fingerprint density at radius 1 is 1.17 bits per heavy atom. The zero-order valence-electron chi connectivity index (χ0n) is 13.9. The highest BCUT2D eigenvalue weighted by molar-refractivity contribution is 9.10. The summed E-state index contributed by atoms with van der Waals surface area (Å²) in [7, 11) is 0. The van der Waals surface area contributed by atoms with Crippen LogP contribution in [0.25, 0.3) is 0 Å². The molecular formula is C19H23BrN2O. The minimum atomic E-state index is 0.138. The number of hydrogen-bond acceptors (Lipinski definition) is 2. The van der Waals surface area contributed by atoms with Gasteiger partial charge in [0.05, 0.1) is 0 Å². The molecule has 0 saturated carbocycles. The molecular weight excluding hydrogens is 352 g/mol. The first-order valence-electron chi connectivity index (χ1n) is 7.88. The largest absolute Gasteiger partial charge is 0.385 e. The summed E-state index contributed by atoms with van der Waals surface area (Å²) in [5, 5.41) is 3.32. The molecule has 0 aromatic heterocycles. The Bertz CT molecular complexity index is 685. The van der Waals surface area contributed by atoms with E-state index in [2.05, 4.69) is 34.2 Å². The molecule has 0 atom stereocenters. The van der Waals surface area contributed by atoms with Crippen molar-refractivity contribution in [3.63, 3.8) is 0 Å². The number of carbonyl (C=O) groups is 1. The highest BCUT2D eigenvalue weighted by Gasteiger charge is 2.13. The van der Waals surface area contributed by atoms with E-state index in [0.29, 0.717) is 19.5 Å². The van der Waals surface area contributed by atoms with E-state index < -0.39 is 0 Å². The normalized spacial score (nSPS) is 10.4. The minimum absolute atomic E-state index is 0.138. The van der Waals surface area contributed by atoms with Crippen molar-refractivity contribution < 1.29 is 4.79 Å². The Labute approximate surface area is 146 Å². The highest BCUT2D eigenvalue weighted by Crippen LogP contribution is 2.20. The van der Waals surface area contributed by atoms with Gasteiger partial charge in [0.2, 0.25) is 5.91 Å². The molecule has 0 radical (unpaired) electrons. The first-order chi connectivity index (χ1) is 11.0. The molecule has 0 aliphatic carbocycles. The van der Waals surface area contributed by atoms with Crippen LogP contribution in [0.1, 0.15) is 24.5 Å². The monoisotopic (exact) mass is 374 g/mol. The van der Waals surface area contributed by atoms with E-state index in [1.165, 1.54) is 5.56 Å². The van der Waals surface area contributed by atoms with Crippen LogP contribution in [0.2, 0.25) is 0 Å². The topological polar surface area (TPSA) is 32.3 Å². The Balaban J connectivity index is 1.93. The molecule has 2 aromatic carbocycles. The van der Waals surface area contributed by atoms with Crippen molar-refractivity contribution >= 4 is 33.2 Å².